The van der Waals surface area contributed by atoms with E-state index in [-0.39, 0.29) is 31.5 Å². The van der Waals surface area contributed by atoms with Crippen molar-refractivity contribution < 1.29 is 37.3 Å². The highest BCUT2D eigenvalue weighted by Crippen LogP contribution is 2.43. The SMILES string of the molecule is CC/C=C\C/C=C\C/C=C\C/C=C\C/C=C\CCCC(=O)OC(/C=C/CCCCCCCCCCCCC)C(COP(=O)(O)OCC[N+](C)(C)C)NC(=O)CCCCCCCCC/C=C/CCCCCCCC. The van der Waals surface area contributed by atoms with Gasteiger partial charge in [-0.05, 0) is 96.0 Å². The van der Waals surface area contributed by atoms with Crippen molar-refractivity contribution in [2.45, 2.75) is 264 Å². The number of hydrogen-bond acceptors (Lipinski definition) is 6. The number of likely N-dealkylation sites (N-methyl/N-ethyl adjacent to an activating group) is 1. The van der Waals surface area contributed by atoms with Crippen LogP contribution in [-0.4, -0.2) is 74.3 Å². The first-order chi connectivity index (χ1) is 35.4. The standard InChI is InChI=1S/C63H113N2O7P/c1-7-10-13-16-19-22-25-28-30-32-34-37-40-43-46-49-52-55-62(66)64-60(59-71-73(68,69)70-58-57-65(4,5)6)61(54-51-48-45-42-39-36-27-24-21-18-15-12-9-3)72-63(67)56-53-50-47-44-41-38-35-33-31-29-26-23-20-17-14-11-8-2/h11,14,20,23,28-31,35,38,44,47,51,54,60-61H,7-10,12-13,15-19,21-22,24-27,32-34,36-37,39-43,45-46,48-50,52-53,55-59H2,1-6H3,(H-,64,66,68,69)/p+1/b14-11-,23-20-,30-28+,31-29-,38-35-,47-44-,54-51+. The lowest BCUT2D eigenvalue weighted by molar-refractivity contribution is -0.870. The Morgan fingerprint density at radius 2 is 0.890 bits per heavy atom. The van der Waals surface area contributed by atoms with Gasteiger partial charge >= 0.3 is 13.8 Å². The maximum atomic E-state index is 13.5. The van der Waals surface area contributed by atoms with E-state index < -0.39 is 20.0 Å². The largest absolute Gasteiger partial charge is 0.472 e. The van der Waals surface area contributed by atoms with E-state index in [0.29, 0.717) is 23.9 Å². The number of nitrogens with zero attached hydrogens (tertiary/aromatic N) is 1. The Hall–Kier alpha value is -2.81. The summed E-state index contributed by atoms with van der Waals surface area (Å²) in [6.07, 6.45) is 68.7. The summed E-state index contributed by atoms with van der Waals surface area (Å²) in [5, 5.41) is 3.04. The molecule has 422 valence electrons. The van der Waals surface area contributed by atoms with Crippen molar-refractivity contribution >= 4 is 19.7 Å². The predicted molar refractivity (Wildman–Crippen MR) is 314 cm³/mol. The second-order valence-electron chi connectivity index (χ2n) is 21.1. The van der Waals surface area contributed by atoms with Gasteiger partial charge in [-0.2, -0.15) is 0 Å². The van der Waals surface area contributed by atoms with Crippen LogP contribution in [0.3, 0.4) is 0 Å². The number of nitrogens with one attached hydrogen (secondary N) is 1. The second kappa shape index (κ2) is 52.6. The lowest BCUT2D eigenvalue weighted by atomic mass is 10.0. The molecule has 0 heterocycles. The molecule has 0 aromatic rings. The van der Waals surface area contributed by atoms with Crippen LogP contribution in [0.4, 0.5) is 0 Å². The third-order valence-electron chi connectivity index (χ3n) is 12.8. The maximum absolute atomic E-state index is 13.5. The van der Waals surface area contributed by atoms with Crippen molar-refractivity contribution in [2.75, 3.05) is 40.9 Å². The zero-order valence-electron chi connectivity index (χ0n) is 48.1. The summed E-state index contributed by atoms with van der Waals surface area (Å²) in [6.45, 7) is 6.85. The number of phosphoric acid groups is 1. The average molecular weight is 1040 g/mol. The van der Waals surface area contributed by atoms with Gasteiger partial charge in [0.25, 0.3) is 0 Å². The Morgan fingerprint density at radius 1 is 0.493 bits per heavy atom. The molecule has 3 unspecified atom stereocenters. The molecule has 3 atom stereocenters. The topological polar surface area (TPSA) is 111 Å². The van der Waals surface area contributed by atoms with E-state index in [1.54, 1.807) is 0 Å². The van der Waals surface area contributed by atoms with Crippen LogP contribution in [0.1, 0.15) is 252 Å². The van der Waals surface area contributed by atoms with Crippen molar-refractivity contribution in [2.24, 2.45) is 0 Å². The second-order valence-corrected chi connectivity index (χ2v) is 22.6. The van der Waals surface area contributed by atoms with Crippen molar-refractivity contribution in [3.63, 3.8) is 0 Å². The number of esters is 1. The number of ether oxygens (including phenoxy) is 1. The highest BCUT2D eigenvalue weighted by Gasteiger charge is 2.30. The predicted octanol–water partition coefficient (Wildman–Crippen LogP) is 18.2. The summed E-state index contributed by atoms with van der Waals surface area (Å²) in [5.74, 6) is -0.579. The molecule has 0 saturated carbocycles. The molecule has 0 bridgehead atoms. The van der Waals surface area contributed by atoms with Crippen molar-refractivity contribution in [1.82, 2.24) is 5.32 Å². The highest BCUT2D eigenvalue weighted by molar-refractivity contribution is 7.47. The summed E-state index contributed by atoms with van der Waals surface area (Å²) in [5.41, 5.74) is 0. The van der Waals surface area contributed by atoms with Gasteiger partial charge in [-0.3, -0.25) is 18.6 Å². The van der Waals surface area contributed by atoms with E-state index in [1.165, 1.54) is 122 Å². The van der Waals surface area contributed by atoms with Gasteiger partial charge < -0.3 is 19.4 Å². The highest BCUT2D eigenvalue weighted by atomic mass is 31.2. The van der Waals surface area contributed by atoms with Crippen molar-refractivity contribution in [3.05, 3.63) is 85.1 Å². The number of carbonyl (C=O) groups is 2. The number of rotatable bonds is 53. The van der Waals surface area contributed by atoms with Gasteiger partial charge in [0, 0.05) is 12.8 Å². The third-order valence-corrected chi connectivity index (χ3v) is 13.8. The fourth-order valence-electron chi connectivity index (χ4n) is 8.21. The Balaban J connectivity index is 5.43. The van der Waals surface area contributed by atoms with E-state index in [4.69, 9.17) is 13.8 Å². The number of amides is 1. The molecule has 10 heteroatoms. The molecule has 0 aliphatic heterocycles. The summed E-state index contributed by atoms with van der Waals surface area (Å²) in [7, 11) is 1.46. The van der Waals surface area contributed by atoms with Crippen LogP contribution in [0.5, 0.6) is 0 Å². The third kappa shape index (κ3) is 53.8. The van der Waals surface area contributed by atoms with Crippen LogP contribution in [0.2, 0.25) is 0 Å². The first-order valence-corrected chi connectivity index (χ1v) is 31.4. The first-order valence-electron chi connectivity index (χ1n) is 29.9. The van der Waals surface area contributed by atoms with Gasteiger partial charge in [0.1, 0.15) is 19.3 Å². The van der Waals surface area contributed by atoms with Crippen LogP contribution in [-0.2, 0) is 27.9 Å². The molecule has 0 rings (SSSR count). The van der Waals surface area contributed by atoms with Gasteiger partial charge in [-0.15, -0.1) is 0 Å². The molecule has 73 heavy (non-hydrogen) atoms. The number of quaternary nitrogens is 1. The quantitative estimate of drug-likeness (QED) is 0.0205. The molecule has 0 spiro atoms. The fraction of sp³-hybridized carbons (Fsp3) is 0.746. The van der Waals surface area contributed by atoms with E-state index >= 15 is 0 Å². The van der Waals surface area contributed by atoms with Crippen LogP contribution < -0.4 is 5.32 Å². The Kier molecular flexibility index (Phi) is 50.6. The number of hydrogen-bond donors (Lipinski definition) is 2. The lowest BCUT2D eigenvalue weighted by Gasteiger charge is -2.27. The summed E-state index contributed by atoms with van der Waals surface area (Å²) in [4.78, 5) is 37.6. The smallest absolute Gasteiger partial charge is 0.456 e. The normalized spacial score (nSPS) is 14.3. The van der Waals surface area contributed by atoms with Gasteiger partial charge in [0.15, 0.2) is 0 Å². The van der Waals surface area contributed by atoms with Crippen LogP contribution in [0, 0.1) is 0 Å². The molecule has 9 nitrogen and oxygen atoms in total. The van der Waals surface area contributed by atoms with E-state index in [9.17, 15) is 19.0 Å². The van der Waals surface area contributed by atoms with Crippen LogP contribution in [0.25, 0.3) is 0 Å². The number of unbranched alkanes of at least 4 members (excludes halogenated alkanes) is 25. The molecule has 1 amide bonds. The molecule has 0 saturated heterocycles. The Labute approximate surface area is 450 Å². The Morgan fingerprint density at radius 3 is 1.36 bits per heavy atom. The van der Waals surface area contributed by atoms with Crippen LogP contribution in [0.15, 0.2) is 85.1 Å². The number of carbonyl (C=O) groups excluding carboxylic acids is 2. The molecule has 0 aromatic carbocycles. The minimum Gasteiger partial charge on any atom is -0.456 e. The van der Waals surface area contributed by atoms with E-state index in [1.807, 2.05) is 33.3 Å². The van der Waals surface area contributed by atoms with Crippen molar-refractivity contribution in [1.29, 1.82) is 0 Å². The fourth-order valence-corrected chi connectivity index (χ4v) is 8.94. The minimum atomic E-state index is -4.46. The Bertz CT molecular complexity index is 1530. The first kappa shape index (κ1) is 70.2. The van der Waals surface area contributed by atoms with Gasteiger partial charge in [-0.1, -0.05) is 228 Å². The van der Waals surface area contributed by atoms with E-state index in [0.717, 1.165) is 89.9 Å². The zero-order chi connectivity index (χ0) is 53.6. The number of phosphoric ester groups is 1. The molecule has 0 aliphatic rings. The number of allylic oxidation sites excluding steroid dienone is 13. The molecule has 2 N–H and O–H groups in total. The van der Waals surface area contributed by atoms with Crippen LogP contribution >= 0.6 is 7.82 Å². The minimum absolute atomic E-state index is 0.0276. The monoisotopic (exact) mass is 1040 g/mol. The molecule has 0 radical (unpaired) electrons. The van der Waals surface area contributed by atoms with Crippen molar-refractivity contribution in [3.8, 4) is 0 Å². The lowest BCUT2D eigenvalue weighted by Crippen LogP contribution is -2.47. The van der Waals surface area contributed by atoms with Gasteiger partial charge in [0.05, 0.1) is 33.8 Å². The average Bonchev–Trinajstić information content (AvgIpc) is 3.35. The summed E-state index contributed by atoms with van der Waals surface area (Å²) < 4.78 is 30.6. The molecule has 0 aromatic heterocycles. The summed E-state index contributed by atoms with van der Waals surface area (Å²) >= 11 is 0. The maximum Gasteiger partial charge on any atom is 0.472 e. The summed E-state index contributed by atoms with van der Waals surface area (Å²) in [6, 6.07) is -0.877. The molecule has 0 fully saturated rings. The van der Waals surface area contributed by atoms with Gasteiger partial charge in [0.2, 0.25) is 5.91 Å². The van der Waals surface area contributed by atoms with Gasteiger partial charge in [-0.25, -0.2) is 4.57 Å². The molecule has 0 aliphatic carbocycles. The molecular weight excluding hydrogens is 928 g/mol. The molecular formula is C63H114N2O7P+. The zero-order valence-corrected chi connectivity index (χ0v) is 49.0. The van der Waals surface area contributed by atoms with E-state index in [2.05, 4.69) is 99.0 Å².